The Kier molecular flexibility index (Phi) is 3.88. The Hall–Kier alpha value is -2.17. The molecule has 1 aliphatic heterocycles. The van der Waals surface area contributed by atoms with Gasteiger partial charge in [-0.2, -0.15) is 0 Å². The van der Waals surface area contributed by atoms with Crippen LogP contribution in [0.5, 0.6) is 0 Å². The lowest BCUT2D eigenvalue weighted by Gasteiger charge is -2.31. The monoisotopic (exact) mass is 273 g/mol. The Balaban J connectivity index is 2.33. The van der Waals surface area contributed by atoms with Gasteiger partial charge in [0.25, 0.3) is 0 Å². The van der Waals surface area contributed by atoms with Gasteiger partial charge in [-0.05, 0) is 38.3 Å². The van der Waals surface area contributed by atoms with E-state index in [1.165, 1.54) is 11.1 Å². The van der Waals surface area contributed by atoms with Gasteiger partial charge in [0.1, 0.15) is 0 Å². The number of carbonyl (C=O) groups is 1. The van der Waals surface area contributed by atoms with E-state index >= 15 is 0 Å². The van der Waals surface area contributed by atoms with Gasteiger partial charge in [-0.25, -0.2) is 14.8 Å². The quantitative estimate of drug-likeness (QED) is 0.897. The average Bonchev–Trinajstić information content (AvgIpc) is 2.39. The van der Waals surface area contributed by atoms with Gasteiger partial charge in [0.2, 0.25) is 5.95 Å². The number of nitrogens with zero attached hydrogens (tertiary/aromatic N) is 3. The number of carboxylic acids is 1. The number of piperidine rings is 1. The van der Waals surface area contributed by atoms with E-state index in [1.807, 2.05) is 4.90 Å². The third-order valence-corrected chi connectivity index (χ3v) is 3.51. The normalized spacial score (nSPS) is 15.4. The van der Waals surface area contributed by atoms with Crippen LogP contribution in [0.4, 0.5) is 5.95 Å². The molecule has 0 amide bonds. The predicted molar refractivity (Wildman–Crippen MR) is 78.1 cm³/mol. The maximum Gasteiger partial charge on any atom is 0.354 e. The zero-order chi connectivity index (χ0) is 14.9. The first-order chi connectivity index (χ1) is 9.40. The number of carboxylic acid groups (broad SMARTS) is 1. The highest BCUT2D eigenvalue weighted by atomic mass is 16.4. The zero-order valence-electron chi connectivity index (χ0n) is 12.1. The van der Waals surface area contributed by atoms with Gasteiger partial charge < -0.3 is 10.0 Å². The fraction of sp³-hybridized carbons (Fsp3) is 0.400. The summed E-state index contributed by atoms with van der Waals surface area (Å²) in [6.07, 6.45) is 2.41. The Morgan fingerprint density at radius 3 is 2.75 bits per heavy atom. The van der Waals surface area contributed by atoms with E-state index in [-0.39, 0.29) is 5.69 Å². The van der Waals surface area contributed by atoms with Crippen molar-refractivity contribution >= 4 is 11.9 Å². The van der Waals surface area contributed by atoms with Crippen molar-refractivity contribution < 1.29 is 9.90 Å². The predicted octanol–water partition coefficient (Wildman–Crippen LogP) is 2.59. The molecule has 1 fully saturated rings. The highest BCUT2D eigenvalue weighted by molar-refractivity contribution is 5.87. The molecule has 1 aromatic rings. The van der Waals surface area contributed by atoms with Crippen molar-refractivity contribution in [2.45, 2.75) is 27.2 Å². The van der Waals surface area contributed by atoms with Crippen molar-refractivity contribution in [3.63, 3.8) is 0 Å². The molecule has 0 bridgehead atoms. The van der Waals surface area contributed by atoms with Gasteiger partial charge in [-0.15, -0.1) is 0 Å². The molecular weight excluding hydrogens is 254 g/mol. The molecule has 5 heteroatoms. The second kappa shape index (κ2) is 5.45. The molecule has 0 spiro atoms. The van der Waals surface area contributed by atoms with Crippen molar-refractivity contribution in [1.82, 2.24) is 9.97 Å². The summed E-state index contributed by atoms with van der Waals surface area (Å²) < 4.78 is 0. The number of aromatic carboxylic acids is 1. The highest BCUT2D eigenvalue weighted by Crippen LogP contribution is 2.26. The SMILES string of the molecule is C=C1CCN(c2ncc(C)c(C(=O)O)n2)CC1=C(C)C. The van der Waals surface area contributed by atoms with Gasteiger partial charge in [0, 0.05) is 24.8 Å². The molecule has 106 valence electrons. The molecule has 0 radical (unpaired) electrons. The second-order valence-electron chi connectivity index (χ2n) is 5.26. The van der Waals surface area contributed by atoms with Crippen LogP contribution in [0.3, 0.4) is 0 Å². The Bertz CT molecular complexity index is 601. The van der Waals surface area contributed by atoms with Gasteiger partial charge in [0.05, 0.1) is 0 Å². The number of hydrogen-bond acceptors (Lipinski definition) is 4. The fourth-order valence-corrected chi connectivity index (χ4v) is 2.29. The van der Waals surface area contributed by atoms with Crippen LogP contribution >= 0.6 is 0 Å². The van der Waals surface area contributed by atoms with E-state index in [2.05, 4.69) is 30.4 Å². The molecule has 0 unspecified atom stereocenters. The molecule has 0 atom stereocenters. The lowest BCUT2D eigenvalue weighted by Crippen LogP contribution is -2.34. The van der Waals surface area contributed by atoms with Crippen molar-refractivity contribution in [3.8, 4) is 0 Å². The van der Waals surface area contributed by atoms with Crippen molar-refractivity contribution in [2.75, 3.05) is 18.0 Å². The molecule has 0 saturated carbocycles. The number of hydrogen-bond donors (Lipinski definition) is 1. The summed E-state index contributed by atoms with van der Waals surface area (Å²) in [7, 11) is 0. The van der Waals surface area contributed by atoms with Crippen LogP contribution in [0, 0.1) is 6.92 Å². The molecular formula is C15H19N3O2. The first-order valence-electron chi connectivity index (χ1n) is 6.56. The molecule has 1 aliphatic rings. The smallest absolute Gasteiger partial charge is 0.354 e. The number of aromatic nitrogens is 2. The van der Waals surface area contributed by atoms with Crippen LogP contribution < -0.4 is 4.90 Å². The van der Waals surface area contributed by atoms with Crippen LogP contribution in [0.1, 0.15) is 36.3 Å². The topological polar surface area (TPSA) is 66.3 Å². The Morgan fingerprint density at radius 1 is 1.45 bits per heavy atom. The van der Waals surface area contributed by atoms with E-state index in [1.54, 1.807) is 13.1 Å². The summed E-state index contributed by atoms with van der Waals surface area (Å²) >= 11 is 0. The third-order valence-electron chi connectivity index (χ3n) is 3.51. The molecule has 2 rings (SSSR count). The lowest BCUT2D eigenvalue weighted by atomic mass is 9.96. The first-order valence-corrected chi connectivity index (χ1v) is 6.56. The standard InChI is InChI=1S/C15H19N3O2/c1-9(2)12-8-18(6-5-10(12)3)15-16-7-11(4)13(17-15)14(19)20/h7H,3,5-6,8H2,1-2,4H3,(H,19,20). The summed E-state index contributed by atoms with van der Waals surface area (Å²) in [5.41, 5.74) is 4.22. The van der Waals surface area contributed by atoms with E-state index in [9.17, 15) is 4.79 Å². The molecule has 2 heterocycles. The van der Waals surface area contributed by atoms with Crippen LogP contribution in [-0.2, 0) is 0 Å². The number of aryl methyl sites for hydroxylation is 1. The van der Waals surface area contributed by atoms with Crippen LogP contribution in [-0.4, -0.2) is 34.1 Å². The maximum atomic E-state index is 11.1. The fourth-order valence-electron chi connectivity index (χ4n) is 2.29. The summed E-state index contributed by atoms with van der Waals surface area (Å²) in [5, 5.41) is 9.14. The maximum absolute atomic E-state index is 11.1. The van der Waals surface area contributed by atoms with E-state index in [4.69, 9.17) is 5.11 Å². The van der Waals surface area contributed by atoms with E-state index in [0.29, 0.717) is 18.1 Å². The van der Waals surface area contributed by atoms with E-state index in [0.717, 1.165) is 18.5 Å². The number of anilines is 1. The molecule has 1 N–H and O–H groups in total. The van der Waals surface area contributed by atoms with Crippen LogP contribution in [0.25, 0.3) is 0 Å². The summed E-state index contributed by atoms with van der Waals surface area (Å²) in [6, 6.07) is 0. The first kappa shape index (κ1) is 14.2. The third kappa shape index (κ3) is 2.71. The lowest BCUT2D eigenvalue weighted by molar-refractivity contribution is 0.0689. The second-order valence-corrected chi connectivity index (χ2v) is 5.26. The minimum absolute atomic E-state index is 0.0677. The average molecular weight is 273 g/mol. The van der Waals surface area contributed by atoms with Crippen molar-refractivity contribution in [1.29, 1.82) is 0 Å². The minimum atomic E-state index is -1.02. The van der Waals surface area contributed by atoms with E-state index < -0.39 is 5.97 Å². The molecule has 5 nitrogen and oxygen atoms in total. The molecule has 1 aromatic heterocycles. The highest BCUT2D eigenvalue weighted by Gasteiger charge is 2.22. The van der Waals surface area contributed by atoms with Gasteiger partial charge in [-0.3, -0.25) is 0 Å². The molecule has 0 aliphatic carbocycles. The van der Waals surface area contributed by atoms with Gasteiger partial charge >= 0.3 is 5.97 Å². The number of rotatable bonds is 2. The largest absolute Gasteiger partial charge is 0.476 e. The van der Waals surface area contributed by atoms with Crippen LogP contribution in [0.2, 0.25) is 0 Å². The van der Waals surface area contributed by atoms with Gasteiger partial charge in [-0.1, -0.05) is 12.2 Å². The minimum Gasteiger partial charge on any atom is -0.476 e. The zero-order valence-corrected chi connectivity index (χ0v) is 12.1. The molecule has 1 saturated heterocycles. The summed E-state index contributed by atoms with van der Waals surface area (Å²) in [6.45, 7) is 11.3. The Morgan fingerprint density at radius 2 is 2.15 bits per heavy atom. The Labute approximate surface area is 118 Å². The summed E-state index contributed by atoms with van der Waals surface area (Å²) in [4.78, 5) is 21.6. The van der Waals surface area contributed by atoms with Crippen molar-refractivity contribution in [3.05, 3.63) is 40.8 Å². The van der Waals surface area contributed by atoms with Gasteiger partial charge in [0.15, 0.2) is 5.69 Å². The van der Waals surface area contributed by atoms with Crippen LogP contribution in [0.15, 0.2) is 29.5 Å². The molecule has 20 heavy (non-hydrogen) atoms. The van der Waals surface area contributed by atoms with Crippen molar-refractivity contribution in [2.24, 2.45) is 0 Å². The number of allylic oxidation sites excluding steroid dienone is 1. The summed E-state index contributed by atoms with van der Waals surface area (Å²) in [5.74, 6) is -0.547. The molecule has 0 aromatic carbocycles.